The number of hydrogen-bond donors (Lipinski definition) is 0. The van der Waals surface area contributed by atoms with Crippen molar-refractivity contribution in [3.05, 3.63) is 62.7 Å². The lowest BCUT2D eigenvalue weighted by molar-refractivity contribution is -0.385. The lowest BCUT2D eigenvalue weighted by Crippen LogP contribution is -2.45. The summed E-state index contributed by atoms with van der Waals surface area (Å²) in [4.78, 5) is 17.6. The third-order valence-electron chi connectivity index (χ3n) is 5.76. The second kappa shape index (κ2) is 6.80. The number of aliphatic imine (C=N–C) groups is 1. The number of nitro groups is 1. The molecule has 5 nitrogen and oxygen atoms in total. The predicted octanol–water partition coefficient (Wildman–Crippen LogP) is 5.68. The van der Waals surface area contributed by atoms with E-state index in [0.717, 1.165) is 17.5 Å². The van der Waals surface area contributed by atoms with Crippen LogP contribution in [0.1, 0.15) is 55.4 Å². The topological polar surface area (TPSA) is 58.7 Å². The fourth-order valence-corrected chi connectivity index (χ4v) is 3.89. The quantitative estimate of drug-likeness (QED) is 0.399. The van der Waals surface area contributed by atoms with Crippen LogP contribution in [0.2, 0.25) is 0 Å². The van der Waals surface area contributed by atoms with Gasteiger partial charge in [0.2, 0.25) is 0 Å². The van der Waals surface area contributed by atoms with Crippen molar-refractivity contribution in [1.29, 1.82) is 0 Å². The second-order valence-electron chi connectivity index (χ2n) is 8.23. The summed E-state index contributed by atoms with van der Waals surface area (Å²) in [5.41, 5.74) is 6.28. The Morgan fingerprint density at radius 1 is 1.22 bits per heavy atom. The van der Waals surface area contributed by atoms with Crippen molar-refractivity contribution in [2.24, 2.45) is 4.99 Å². The fourth-order valence-electron chi connectivity index (χ4n) is 3.89. The van der Waals surface area contributed by atoms with Crippen molar-refractivity contribution in [1.82, 2.24) is 0 Å². The van der Waals surface area contributed by atoms with Crippen molar-refractivity contribution >= 4 is 23.3 Å². The Bertz CT molecular complexity index is 931. The van der Waals surface area contributed by atoms with Crippen LogP contribution in [0.5, 0.6) is 0 Å². The third kappa shape index (κ3) is 3.59. The molecule has 0 saturated carbocycles. The Labute approximate surface area is 160 Å². The molecule has 0 spiro atoms. The minimum absolute atomic E-state index is 0.101. The molecule has 0 saturated heterocycles. The predicted molar refractivity (Wildman–Crippen MR) is 112 cm³/mol. The molecule has 0 N–H and O–H groups in total. The van der Waals surface area contributed by atoms with Crippen molar-refractivity contribution in [3.63, 3.8) is 0 Å². The van der Waals surface area contributed by atoms with E-state index >= 15 is 0 Å². The molecule has 0 aliphatic carbocycles. The molecular weight excluding hydrogens is 338 g/mol. The van der Waals surface area contributed by atoms with Crippen molar-refractivity contribution in [2.45, 2.75) is 52.5 Å². The summed E-state index contributed by atoms with van der Waals surface area (Å²) in [5, 5.41) is 11.1. The SMILES string of the molecule is Cc1cc2c(cc1C=Nc1ccc(C)c([N+](=O)[O-])c1)C(C)CC(C)(C)N2C. The molecule has 0 radical (unpaired) electrons. The maximum absolute atomic E-state index is 11.1. The summed E-state index contributed by atoms with van der Waals surface area (Å²) < 4.78 is 0. The third-order valence-corrected chi connectivity index (χ3v) is 5.76. The summed E-state index contributed by atoms with van der Waals surface area (Å²) in [6.07, 6.45) is 2.91. The van der Waals surface area contributed by atoms with Crippen LogP contribution in [0.3, 0.4) is 0 Å². The zero-order valence-corrected chi connectivity index (χ0v) is 16.9. The number of hydrogen-bond acceptors (Lipinski definition) is 4. The van der Waals surface area contributed by atoms with Crippen molar-refractivity contribution < 1.29 is 4.92 Å². The Balaban J connectivity index is 1.98. The Morgan fingerprint density at radius 3 is 2.59 bits per heavy atom. The maximum atomic E-state index is 11.1. The Morgan fingerprint density at radius 2 is 1.93 bits per heavy atom. The molecule has 1 atom stereocenters. The first-order valence-corrected chi connectivity index (χ1v) is 9.27. The first-order valence-electron chi connectivity index (χ1n) is 9.27. The van der Waals surface area contributed by atoms with Crippen LogP contribution in [0, 0.1) is 24.0 Å². The molecule has 1 unspecified atom stereocenters. The van der Waals surface area contributed by atoms with Crippen LogP contribution in [0.15, 0.2) is 35.3 Å². The molecule has 1 aliphatic heterocycles. The van der Waals surface area contributed by atoms with E-state index in [9.17, 15) is 10.1 Å². The van der Waals surface area contributed by atoms with Gasteiger partial charge in [-0.15, -0.1) is 0 Å². The number of fused-ring (bicyclic) bond motifs is 1. The van der Waals surface area contributed by atoms with Gasteiger partial charge in [-0.3, -0.25) is 15.1 Å². The van der Waals surface area contributed by atoms with E-state index in [1.54, 1.807) is 13.0 Å². The molecule has 1 heterocycles. The molecule has 0 fully saturated rings. The molecule has 2 aromatic carbocycles. The summed E-state index contributed by atoms with van der Waals surface area (Å²) in [6, 6.07) is 9.52. The van der Waals surface area contributed by atoms with E-state index < -0.39 is 0 Å². The Hall–Kier alpha value is -2.69. The van der Waals surface area contributed by atoms with Gasteiger partial charge in [-0.1, -0.05) is 13.0 Å². The van der Waals surface area contributed by atoms with Gasteiger partial charge in [-0.2, -0.15) is 0 Å². The molecule has 5 heteroatoms. The van der Waals surface area contributed by atoms with Crippen LogP contribution in [-0.2, 0) is 0 Å². The average molecular weight is 365 g/mol. The van der Waals surface area contributed by atoms with Crippen LogP contribution < -0.4 is 4.90 Å². The molecule has 1 aliphatic rings. The summed E-state index contributed by atoms with van der Waals surface area (Å²) in [7, 11) is 2.16. The zero-order valence-electron chi connectivity index (χ0n) is 16.9. The van der Waals surface area contributed by atoms with Crippen LogP contribution >= 0.6 is 0 Å². The van der Waals surface area contributed by atoms with Gasteiger partial charge in [0.1, 0.15) is 0 Å². The standard InChI is InChI=1S/C22H27N3O2/c1-14-7-8-18(11-20(14)25(26)27)23-13-17-10-19-16(3)12-22(4,5)24(6)21(19)9-15(17)2/h7-11,13,16H,12H2,1-6H3. The fraction of sp³-hybridized carbons (Fsp3) is 0.409. The monoisotopic (exact) mass is 365 g/mol. The molecule has 2 aromatic rings. The second-order valence-corrected chi connectivity index (χ2v) is 8.23. The van der Waals surface area contributed by atoms with Crippen molar-refractivity contribution in [2.75, 3.05) is 11.9 Å². The minimum Gasteiger partial charge on any atom is -0.369 e. The Kier molecular flexibility index (Phi) is 4.81. The van der Waals surface area contributed by atoms with Gasteiger partial charge in [0.25, 0.3) is 5.69 Å². The smallest absolute Gasteiger partial charge is 0.274 e. The average Bonchev–Trinajstić information content (AvgIpc) is 2.59. The highest BCUT2D eigenvalue weighted by Crippen LogP contribution is 2.43. The number of aryl methyl sites for hydroxylation is 2. The molecule has 27 heavy (non-hydrogen) atoms. The maximum Gasteiger partial charge on any atom is 0.274 e. The van der Waals surface area contributed by atoms with E-state index in [4.69, 9.17) is 0 Å². The molecule has 0 amide bonds. The first kappa shape index (κ1) is 19.1. The number of benzene rings is 2. The van der Waals surface area contributed by atoms with Crippen molar-refractivity contribution in [3.8, 4) is 0 Å². The van der Waals surface area contributed by atoms with E-state index in [-0.39, 0.29) is 16.1 Å². The van der Waals surface area contributed by atoms with Gasteiger partial charge in [0.15, 0.2) is 0 Å². The lowest BCUT2D eigenvalue weighted by atomic mass is 9.79. The van der Waals surface area contributed by atoms with Crippen LogP contribution in [0.4, 0.5) is 17.1 Å². The lowest BCUT2D eigenvalue weighted by Gasteiger charge is -2.45. The van der Waals surface area contributed by atoms with E-state index in [2.05, 4.69) is 56.8 Å². The highest BCUT2D eigenvalue weighted by atomic mass is 16.6. The molecule has 0 aromatic heterocycles. The van der Waals surface area contributed by atoms with Gasteiger partial charge in [0.05, 0.1) is 10.6 Å². The number of nitrogens with zero attached hydrogens (tertiary/aromatic N) is 3. The largest absolute Gasteiger partial charge is 0.369 e. The van der Waals surface area contributed by atoms with Gasteiger partial charge >= 0.3 is 0 Å². The molecule has 3 rings (SSSR count). The van der Waals surface area contributed by atoms with E-state index in [1.165, 1.54) is 17.3 Å². The van der Waals surface area contributed by atoms with Gasteiger partial charge in [-0.25, -0.2) is 0 Å². The highest BCUT2D eigenvalue weighted by Gasteiger charge is 2.34. The molecule has 142 valence electrons. The van der Waals surface area contributed by atoms with Gasteiger partial charge in [-0.05, 0) is 74.9 Å². The summed E-state index contributed by atoms with van der Waals surface area (Å²) in [5.74, 6) is 0.472. The summed E-state index contributed by atoms with van der Waals surface area (Å²) in [6.45, 7) is 10.6. The van der Waals surface area contributed by atoms with Gasteiger partial charge < -0.3 is 4.90 Å². The molecular formula is C22H27N3O2. The van der Waals surface area contributed by atoms with Gasteiger partial charge in [0, 0.05) is 36.1 Å². The highest BCUT2D eigenvalue weighted by molar-refractivity contribution is 5.86. The number of nitro benzene ring substituents is 1. The van der Waals surface area contributed by atoms with Crippen LogP contribution in [0.25, 0.3) is 0 Å². The number of anilines is 1. The minimum atomic E-state index is -0.363. The number of rotatable bonds is 3. The normalized spacial score (nSPS) is 18.6. The van der Waals surface area contributed by atoms with Crippen LogP contribution in [-0.4, -0.2) is 23.7 Å². The summed E-state index contributed by atoms with van der Waals surface area (Å²) >= 11 is 0. The van der Waals surface area contributed by atoms with E-state index in [0.29, 0.717) is 17.2 Å². The molecule has 0 bridgehead atoms. The van der Waals surface area contributed by atoms with E-state index in [1.807, 2.05) is 12.3 Å². The first-order chi connectivity index (χ1) is 12.6. The zero-order chi connectivity index (χ0) is 19.9.